The first-order chi connectivity index (χ1) is 11.2. The van der Waals surface area contributed by atoms with Crippen LogP contribution < -0.4 is 10.6 Å². The maximum Gasteiger partial charge on any atom is 0.227 e. The molecule has 0 radical (unpaired) electrons. The SMILES string of the molecule is O=C(CCCc1cccs1)Nc1ccc(NC(=O)C2CC2)cc1. The molecule has 3 rings (SSSR count). The fraction of sp³-hybridized carbons (Fsp3) is 0.333. The number of carbonyl (C=O) groups excluding carboxylic acids is 2. The molecule has 1 saturated carbocycles. The average molecular weight is 328 g/mol. The van der Waals surface area contributed by atoms with Gasteiger partial charge in [0.1, 0.15) is 0 Å². The minimum absolute atomic E-state index is 0.0244. The standard InChI is InChI=1S/C18H20N2O2S/c21-17(5-1-3-16-4-2-12-23-16)19-14-8-10-15(11-9-14)20-18(22)13-6-7-13/h2,4,8-13H,1,3,5-7H2,(H,19,21)(H,20,22). The molecular weight excluding hydrogens is 308 g/mol. The molecule has 4 nitrogen and oxygen atoms in total. The molecule has 0 spiro atoms. The van der Waals surface area contributed by atoms with Crippen LogP contribution in [0.25, 0.3) is 0 Å². The number of anilines is 2. The summed E-state index contributed by atoms with van der Waals surface area (Å²) in [6.45, 7) is 0. The topological polar surface area (TPSA) is 58.2 Å². The van der Waals surface area contributed by atoms with E-state index in [1.807, 2.05) is 30.3 Å². The number of rotatable bonds is 7. The molecule has 0 bridgehead atoms. The molecule has 1 aromatic carbocycles. The molecule has 1 aliphatic rings. The highest BCUT2D eigenvalue weighted by atomic mass is 32.1. The third-order valence-corrected chi connectivity index (χ3v) is 4.73. The second kappa shape index (κ2) is 7.42. The van der Waals surface area contributed by atoms with Gasteiger partial charge in [0, 0.05) is 28.6 Å². The van der Waals surface area contributed by atoms with Crippen LogP contribution in [0.1, 0.15) is 30.6 Å². The highest BCUT2D eigenvalue weighted by molar-refractivity contribution is 7.09. The van der Waals surface area contributed by atoms with Crippen LogP contribution in [0, 0.1) is 5.92 Å². The normalized spacial score (nSPS) is 13.6. The van der Waals surface area contributed by atoms with Gasteiger partial charge >= 0.3 is 0 Å². The molecular formula is C18H20N2O2S. The van der Waals surface area contributed by atoms with E-state index < -0.39 is 0 Å². The smallest absolute Gasteiger partial charge is 0.227 e. The van der Waals surface area contributed by atoms with Gasteiger partial charge in [-0.25, -0.2) is 0 Å². The molecule has 2 amide bonds. The van der Waals surface area contributed by atoms with Gasteiger partial charge in [-0.15, -0.1) is 11.3 Å². The van der Waals surface area contributed by atoms with E-state index in [2.05, 4.69) is 22.1 Å². The van der Waals surface area contributed by atoms with Gasteiger partial charge in [-0.2, -0.15) is 0 Å². The number of aryl methyl sites for hydroxylation is 1. The quantitative estimate of drug-likeness (QED) is 0.805. The van der Waals surface area contributed by atoms with Gasteiger partial charge in [0.25, 0.3) is 0 Å². The van der Waals surface area contributed by atoms with E-state index >= 15 is 0 Å². The van der Waals surface area contributed by atoms with Crippen molar-refractivity contribution >= 4 is 34.5 Å². The first-order valence-electron chi connectivity index (χ1n) is 7.94. The van der Waals surface area contributed by atoms with E-state index in [1.165, 1.54) is 4.88 Å². The van der Waals surface area contributed by atoms with Crippen LogP contribution in [-0.2, 0) is 16.0 Å². The fourth-order valence-corrected chi connectivity index (χ4v) is 3.08. The average Bonchev–Trinajstić information content (AvgIpc) is 3.27. The molecule has 0 unspecified atom stereocenters. The lowest BCUT2D eigenvalue weighted by Gasteiger charge is -2.07. The second-order valence-electron chi connectivity index (χ2n) is 5.82. The van der Waals surface area contributed by atoms with Crippen molar-refractivity contribution in [2.45, 2.75) is 32.1 Å². The predicted molar refractivity (Wildman–Crippen MR) is 93.7 cm³/mol. The maximum atomic E-state index is 11.9. The molecule has 1 aromatic heterocycles. The molecule has 2 aromatic rings. The van der Waals surface area contributed by atoms with Gasteiger partial charge in [-0.1, -0.05) is 6.07 Å². The van der Waals surface area contributed by atoms with Gasteiger partial charge in [-0.3, -0.25) is 9.59 Å². The molecule has 1 heterocycles. The van der Waals surface area contributed by atoms with Crippen molar-refractivity contribution in [3.8, 4) is 0 Å². The van der Waals surface area contributed by atoms with E-state index in [0.29, 0.717) is 6.42 Å². The van der Waals surface area contributed by atoms with Crippen LogP contribution in [0.15, 0.2) is 41.8 Å². The molecule has 0 atom stereocenters. The van der Waals surface area contributed by atoms with Crippen molar-refractivity contribution in [3.05, 3.63) is 46.7 Å². The van der Waals surface area contributed by atoms with Crippen LogP contribution in [0.4, 0.5) is 11.4 Å². The minimum atomic E-state index is 0.0244. The summed E-state index contributed by atoms with van der Waals surface area (Å²) in [7, 11) is 0. The van der Waals surface area contributed by atoms with Gasteiger partial charge in [0.05, 0.1) is 0 Å². The van der Waals surface area contributed by atoms with Crippen LogP contribution >= 0.6 is 11.3 Å². The van der Waals surface area contributed by atoms with Gasteiger partial charge < -0.3 is 10.6 Å². The summed E-state index contributed by atoms with van der Waals surface area (Å²) < 4.78 is 0. The Bertz CT molecular complexity index is 661. The summed E-state index contributed by atoms with van der Waals surface area (Å²) in [5.41, 5.74) is 1.54. The first-order valence-corrected chi connectivity index (χ1v) is 8.82. The van der Waals surface area contributed by atoms with Crippen molar-refractivity contribution in [2.24, 2.45) is 5.92 Å². The minimum Gasteiger partial charge on any atom is -0.326 e. The Hall–Kier alpha value is -2.14. The van der Waals surface area contributed by atoms with Crippen LogP contribution in [0.5, 0.6) is 0 Å². The summed E-state index contributed by atoms with van der Waals surface area (Å²) >= 11 is 1.73. The summed E-state index contributed by atoms with van der Waals surface area (Å²) in [6, 6.07) is 11.4. The lowest BCUT2D eigenvalue weighted by Crippen LogP contribution is -2.14. The lowest BCUT2D eigenvalue weighted by molar-refractivity contribution is -0.117. The number of amides is 2. The molecule has 5 heteroatoms. The number of nitrogens with one attached hydrogen (secondary N) is 2. The largest absolute Gasteiger partial charge is 0.326 e. The molecule has 2 N–H and O–H groups in total. The predicted octanol–water partition coefficient (Wildman–Crippen LogP) is 4.06. The zero-order valence-corrected chi connectivity index (χ0v) is 13.7. The van der Waals surface area contributed by atoms with E-state index in [4.69, 9.17) is 0 Å². The lowest BCUT2D eigenvalue weighted by atomic mass is 10.2. The number of hydrogen-bond acceptors (Lipinski definition) is 3. The first kappa shape index (κ1) is 15.7. The molecule has 1 fully saturated rings. The van der Waals surface area contributed by atoms with Crippen molar-refractivity contribution < 1.29 is 9.59 Å². The summed E-state index contributed by atoms with van der Waals surface area (Å²) in [6.07, 6.45) is 4.29. The zero-order chi connectivity index (χ0) is 16.1. The van der Waals surface area contributed by atoms with Gasteiger partial charge in [-0.05, 0) is 61.4 Å². The highest BCUT2D eigenvalue weighted by Gasteiger charge is 2.29. The van der Waals surface area contributed by atoms with E-state index in [1.54, 1.807) is 11.3 Å². The Morgan fingerprint density at radius 1 is 1.04 bits per heavy atom. The van der Waals surface area contributed by atoms with Crippen molar-refractivity contribution in [2.75, 3.05) is 10.6 Å². The van der Waals surface area contributed by atoms with E-state index in [-0.39, 0.29) is 17.7 Å². The van der Waals surface area contributed by atoms with Gasteiger partial charge in [0.15, 0.2) is 0 Å². The van der Waals surface area contributed by atoms with E-state index in [0.717, 1.165) is 37.1 Å². The summed E-state index contributed by atoms with van der Waals surface area (Å²) in [5, 5.41) is 7.83. The Kier molecular flexibility index (Phi) is 5.08. The maximum absolute atomic E-state index is 11.9. The van der Waals surface area contributed by atoms with Crippen molar-refractivity contribution in [1.29, 1.82) is 0 Å². The van der Waals surface area contributed by atoms with Gasteiger partial charge in [0.2, 0.25) is 11.8 Å². The number of carbonyl (C=O) groups is 2. The van der Waals surface area contributed by atoms with Crippen molar-refractivity contribution in [1.82, 2.24) is 0 Å². The second-order valence-corrected chi connectivity index (χ2v) is 6.85. The molecule has 23 heavy (non-hydrogen) atoms. The number of thiophene rings is 1. The van der Waals surface area contributed by atoms with Crippen molar-refractivity contribution in [3.63, 3.8) is 0 Å². The monoisotopic (exact) mass is 328 g/mol. The Morgan fingerprint density at radius 3 is 2.35 bits per heavy atom. The highest BCUT2D eigenvalue weighted by Crippen LogP contribution is 2.30. The summed E-state index contributed by atoms with van der Waals surface area (Å²) in [4.78, 5) is 24.9. The number of hydrogen-bond donors (Lipinski definition) is 2. The van der Waals surface area contributed by atoms with Crippen LogP contribution in [0.2, 0.25) is 0 Å². The molecule has 120 valence electrons. The van der Waals surface area contributed by atoms with Crippen LogP contribution in [0.3, 0.4) is 0 Å². The molecule has 0 aliphatic heterocycles. The van der Waals surface area contributed by atoms with E-state index in [9.17, 15) is 9.59 Å². The Labute approximate surface area is 139 Å². The summed E-state index contributed by atoms with van der Waals surface area (Å²) in [5.74, 6) is 0.310. The molecule has 0 saturated heterocycles. The van der Waals surface area contributed by atoms with Crippen LogP contribution in [-0.4, -0.2) is 11.8 Å². The third-order valence-electron chi connectivity index (χ3n) is 3.79. The zero-order valence-electron chi connectivity index (χ0n) is 12.9. The number of benzene rings is 1. The fourth-order valence-electron chi connectivity index (χ4n) is 2.33. The Balaban J connectivity index is 1.41. The molecule has 1 aliphatic carbocycles. The third kappa shape index (κ3) is 4.93. The Morgan fingerprint density at radius 2 is 1.74 bits per heavy atom.